The highest BCUT2D eigenvalue weighted by Crippen LogP contribution is 2.27. The largest absolute Gasteiger partial charge is 0.494 e. The molecule has 26 heavy (non-hydrogen) atoms. The zero-order valence-electron chi connectivity index (χ0n) is 15.0. The van der Waals surface area contributed by atoms with Crippen molar-refractivity contribution in [2.45, 2.75) is 51.0 Å². The molecule has 1 aliphatic rings. The van der Waals surface area contributed by atoms with E-state index in [1.165, 1.54) is 0 Å². The molecule has 1 aromatic rings. The van der Waals surface area contributed by atoms with Crippen LogP contribution < -0.4 is 15.4 Å². The van der Waals surface area contributed by atoms with Crippen molar-refractivity contribution in [1.29, 1.82) is 0 Å². The van der Waals surface area contributed by atoms with Crippen molar-refractivity contribution in [2.75, 3.05) is 13.2 Å². The van der Waals surface area contributed by atoms with E-state index in [0.717, 1.165) is 25.7 Å². The highest BCUT2D eigenvalue weighted by molar-refractivity contribution is 5.97. The number of carbonyl (C=O) groups excluding carboxylic acids is 2. The molecular formula is C19H26N2O5. The Morgan fingerprint density at radius 2 is 1.69 bits per heavy atom. The van der Waals surface area contributed by atoms with Crippen molar-refractivity contribution in [3.05, 3.63) is 29.8 Å². The van der Waals surface area contributed by atoms with Crippen LogP contribution in [0.2, 0.25) is 0 Å². The van der Waals surface area contributed by atoms with Crippen LogP contribution in [0, 0.1) is 0 Å². The highest BCUT2D eigenvalue weighted by Gasteiger charge is 2.39. The fraction of sp³-hybridized carbons (Fsp3) is 0.526. The molecule has 1 aromatic carbocycles. The first-order valence-corrected chi connectivity index (χ1v) is 9.02. The van der Waals surface area contributed by atoms with Gasteiger partial charge in [-0.2, -0.15) is 0 Å². The van der Waals surface area contributed by atoms with E-state index in [1.54, 1.807) is 24.3 Å². The van der Waals surface area contributed by atoms with E-state index >= 15 is 0 Å². The Balaban J connectivity index is 1.90. The summed E-state index contributed by atoms with van der Waals surface area (Å²) in [7, 11) is 0. The maximum absolute atomic E-state index is 12.2. The molecule has 0 heterocycles. The molecule has 2 rings (SSSR count). The number of benzene rings is 1. The van der Waals surface area contributed by atoms with Gasteiger partial charge in [-0.3, -0.25) is 9.59 Å². The Morgan fingerprint density at radius 1 is 1.08 bits per heavy atom. The molecule has 1 saturated carbocycles. The Kier molecular flexibility index (Phi) is 7.00. The lowest BCUT2D eigenvalue weighted by atomic mass is 9.90. The van der Waals surface area contributed by atoms with Gasteiger partial charge in [0.2, 0.25) is 5.91 Å². The Bertz CT molecular complexity index is 634. The van der Waals surface area contributed by atoms with Crippen molar-refractivity contribution >= 4 is 17.8 Å². The molecule has 1 aliphatic carbocycles. The van der Waals surface area contributed by atoms with E-state index < -0.39 is 23.3 Å². The first-order valence-electron chi connectivity index (χ1n) is 9.02. The minimum Gasteiger partial charge on any atom is -0.494 e. The Morgan fingerprint density at radius 3 is 2.23 bits per heavy atom. The summed E-state index contributed by atoms with van der Waals surface area (Å²) < 4.78 is 5.32. The molecule has 0 spiro atoms. The summed E-state index contributed by atoms with van der Waals surface area (Å²) in [6, 6.07) is 6.59. The topological polar surface area (TPSA) is 105 Å². The highest BCUT2D eigenvalue weighted by atomic mass is 16.5. The van der Waals surface area contributed by atoms with Crippen molar-refractivity contribution < 1.29 is 24.2 Å². The Labute approximate surface area is 153 Å². The summed E-state index contributed by atoms with van der Waals surface area (Å²) in [6.07, 6.45) is 4.32. The molecule has 0 aliphatic heterocycles. The molecule has 0 saturated heterocycles. The van der Waals surface area contributed by atoms with Gasteiger partial charge in [-0.25, -0.2) is 4.79 Å². The first-order chi connectivity index (χ1) is 12.5. The molecule has 0 atom stereocenters. The van der Waals surface area contributed by atoms with Crippen LogP contribution in [0.1, 0.15) is 55.8 Å². The minimum atomic E-state index is -1.22. The number of amides is 2. The molecule has 0 aromatic heterocycles. The van der Waals surface area contributed by atoms with E-state index in [-0.39, 0.29) is 6.54 Å². The Hall–Kier alpha value is -2.57. The van der Waals surface area contributed by atoms with Crippen LogP contribution in [-0.4, -0.2) is 41.6 Å². The number of nitrogens with one attached hydrogen (secondary N) is 2. The van der Waals surface area contributed by atoms with Crippen molar-refractivity contribution in [2.24, 2.45) is 0 Å². The number of carboxylic acid groups (broad SMARTS) is 1. The second-order valence-electron chi connectivity index (χ2n) is 6.49. The van der Waals surface area contributed by atoms with Gasteiger partial charge in [0.15, 0.2) is 0 Å². The van der Waals surface area contributed by atoms with Gasteiger partial charge >= 0.3 is 5.97 Å². The van der Waals surface area contributed by atoms with Crippen LogP contribution in [0.4, 0.5) is 0 Å². The van der Waals surface area contributed by atoms with Gasteiger partial charge in [0.05, 0.1) is 13.2 Å². The third-order valence-electron chi connectivity index (χ3n) is 4.58. The monoisotopic (exact) mass is 362 g/mol. The fourth-order valence-electron chi connectivity index (χ4n) is 3.17. The van der Waals surface area contributed by atoms with Crippen LogP contribution in [0.5, 0.6) is 5.75 Å². The van der Waals surface area contributed by atoms with Crippen molar-refractivity contribution in [3.63, 3.8) is 0 Å². The number of rotatable bonds is 7. The van der Waals surface area contributed by atoms with E-state index in [9.17, 15) is 19.5 Å². The maximum Gasteiger partial charge on any atom is 0.329 e. The average Bonchev–Trinajstić information content (AvgIpc) is 2.87. The quantitative estimate of drug-likeness (QED) is 0.645. The molecular weight excluding hydrogens is 336 g/mol. The predicted octanol–water partition coefficient (Wildman–Crippen LogP) is 2.11. The number of ether oxygens (including phenoxy) is 1. The molecule has 0 unspecified atom stereocenters. The summed E-state index contributed by atoms with van der Waals surface area (Å²) >= 11 is 0. The van der Waals surface area contributed by atoms with Gasteiger partial charge < -0.3 is 20.5 Å². The number of aliphatic carboxylic acids is 1. The molecule has 7 heteroatoms. The van der Waals surface area contributed by atoms with Gasteiger partial charge in [0.25, 0.3) is 5.91 Å². The number of hydrogen-bond donors (Lipinski definition) is 3. The van der Waals surface area contributed by atoms with E-state index in [0.29, 0.717) is 30.8 Å². The fourth-order valence-corrected chi connectivity index (χ4v) is 3.17. The van der Waals surface area contributed by atoms with E-state index in [2.05, 4.69) is 10.6 Å². The van der Waals surface area contributed by atoms with Crippen molar-refractivity contribution in [3.8, 4) is 5.75 Å². The predicted molar refractivity (Wildman–Crippen MR) is 96.2 cm³/mol. The molecule has 0 radical (unpaired) electrons. The normalized spacial score (nSPS) is 16.2. The lowest BCUT2D eigenvalue weighted by molar-refractivity contribution is -0.148. The molecule has 1 fully saturated rings. The minimum absolute atomic E-state index is 0.263. The van der Waals surface area contributed by atoms with E-state index in [1.807, 2.05) is 6.92 Å². The summed E-state index contributed by atoms with van der Waals surface area (Å²) in [6.45, 7) is 2.15. The van der Waals surface area contributed by atoms with Crippen LogP contribution in [0.25, 0.3) is 0 Å². The molecule has 0 bridgehead atoms. The molecule has 7 nitrogen and oxygen atoms in total. The second-order valence-corrected chi connectivity index (χ2v) is 6.49. The average molecular weight is 362 g/mol. The zero-order chi connectivity index (χ0) is 19.0. The van der Waals surface area contributed by atoms with Gasteiger partial charge in [0, 0.05) is 5.56 Å². The van der Waals surface area contributed by atoms with Crippen molar-refractivity contribution in [1.82, 2.24) is 10.6 Å². The zero-order valence-corrected chi connectivity index (χ0v) is 15.0. The van der Waals surface area contributed by atoms with E-state index in [4.69, 9.17) is 4.74 Å². The van der Waals surface area contributed by atoms with Gasteiger partial charge in [-0.1, -0.05) is 25.7 Å². The van der Waals surface area contributed by atoms with Crippen LogP contribution >= 0.6 is 0 Å². The molecule has 2 amide bonds. The lowest BCUT2D eigenvalue weighted by Gasteiger charge is -2.29. The smallest absolute Gasteiger partial charge is 0.329 e. The third kappa shape index (κ3) is 5.21. The maximum atomic E-state index is 12.2. The molecule has 142 valence electrons. The van der Waals surface area contributed by atoms with Gasteiger partial charge in [0.1, 0.15) is 11.3 Å². The number of hydrogen-bond acceptors (Lipinski definition) is 4. The van der Waals surface area contributed by atoms with Gasteiger partial charge in [-0.15, -0.1) is 0 Å². The molecule has 3 N–H and O–H groups in total. The summed E-state index contributed by atoms with van der Waals surface area (Å²) in [5.41, 5.74) is -0.819. The summed E-state index contributed by atoms with van der Waals surface area (Å²) in [5.74, 6) is -1.23. The van der Waals surface area contributed by atoms with Gasteiger partial charge in [-0.05, 0) is 44.0 Å². The summed E-state index contributed by atoms with van der Waals surface area (Å²) in [5, 5.41) is 14.7. The third-order valence-corrected chi connectivity index (χ3v) is 4.58. The second kappa shape index (κ2) is 9.22. The lowest BCUT2D eigenvalue weighted by Crippen LogP contribution is -2.56. The van der Waals surface area contributed by atoms with Crippen LogP contribution in [0.15, 0.2) is 24.3 Å². The SMILES string of the molecule is CCOc1ccc(C(=O)NCC(=O)NC2(C(=O)O)CCCCCC2)cc1. The number of carbonyl (C=O) groups is 3. The summed E-state index contributed by atoms with van der Waals surface area (Å²) in [4.78, 5) is 36.0. The number of carboxylic acids is 1. The standard InChI is InChI=1S/C19H26N2O5/c1-2-26-15-9-7-14(8-10-15)17(23)20-13-16(22)21-19(18(24)25)11-5-3-4-6-12-19/h7-10H,2-6,11-13H2,1H3,(H,20,23)(H,21,22)(H,24,25). The first kappa shape index (κ1) is 19.8. The van der Waals surface area contributed by atoms with Crippen LogP contribution in [0.3, 0.4) is 0 Å². The van der Waals surface area contributed by atoms with Crippen LogP contribution in [-0.2, 0) is 9.59 Å².